The molecule has 1 aromatic carbocycles. The molecule has 0 saturated heterocycles. The zero-order chi connectivity index (χ0) is 15.0. The van der Waals surface area contributed by atoms with Gasteiger partial charge in [-0.1, -0.05) is 12.1 Å². The van der Waals surface area contributed by atoms with E-state index in [0.29, 0.717) is 5.95 Å². The number of pyridine rings is 1. The molecule has 3 rings (SSSR count). The molecule has 0 bridgehead atoms. The number of hydrogen-bond acceptors (Lipinski definition) is 3. The minimum atomic E-state index is -0.226. The number of nitrogens with zero attached hydrogens (tertiary/aromatic N) is 3. The van der Waals surface area contributed by atoms with Gasteiger partial charge < -0.3 is 5.73 Å². The number of aryl methyl sites for hydroxylation is 1. The third-order valence-corrected chi connectivity index (χ3v) is 3.69. The van der Waals surface area contributed by atoms with Crippen molar-refractivity contribution in [3.8, 4) is 0 Å². The summed E-state index contributed by atoms with van der Waals surface area (Å²) in [5.41, 5.74) is 9.79. The molecule has 0 fully saturated rings. The lowest BCUT2D eigenvalue weighted by Gasteiger charge is -2.15. The molecule has 0 aliphatic rings. The first-order valence-corrected chi connectivity index (χ1v) is 6.89. The lowest BCUT2D eigenvalue weighted by atomic mass is 10.1. The van der Waals surface area contributed by atoms with Crippen LogP contribution >= 0.6 is 0 Å². The van der Waals surface area contributed by atoms with Crippen molar-refractivity contribution >= 4 is 17.1 Å². The largest absolute Gasteiger partial charge is 0.369 e. The van der Waals surface area contributed by atoms with Crippen LogP contribution in [-0.2, 0) is 6.42 Å². The van der Waals surface area contributed by atoms with Crippen molar-refractivity contribution in [1.29, 1.82) is 0 Å². The van der Waals surface area contributed by atoms with E-state index < -0.39 is 0 Å². The highest BCUT2D eigenvalue weighted by Crippen LogP contribution is 2.25. The monoisotopic (exact) mass is 284 g/mol. The van der Waals surface area contributed by atoms with Gasteiger partial charge in [-0.3, -0.25) is 4.57 Å². The average Bonchev–Trinajstić information content (AvgIpc) is 2.79. The van der Waals surface area contributed by atoms with E-state index in [4.69, 9.17) is 5.73 Å². The Bertz CT molecular complexity index is 777. The number of halogens is 1. The Morgan fingerprint density at radius 2 is 1.95 bits per heavy atom. The highest BCUT2D eigenvalue weighted by molar-refractivity contribution is 5.77. The maximum Gasteiger partial charge on any atom is 0.202 e. The van der Waals surface area contributed by atoms with Gasteiger partial charge in [0.25, 0.3) is 0 Å². The van der Waals surface area contributed by atoms with E-state index >= 15 is 0 Å². The van der Waals surface area contributed by atoms with E-state index in [2.05, 4.69) is 16.9 Å². The van der Waals surface area contributed by atoms with Crippen LogP contribution in [0.3, 0.4) is 0 Å². The first kappa shape index (κ1) is 13.5. The van der Waals surface area contributed by atoms with Gasteiger partial charge in [0, 0.05) is 12.2 Å². The van der Waals surface area contributed by atoms with E-state index in [1.165, 1.54) is 12.1 Å². The van der Waals surface area contributed by atoms with Crippen LogP contribution in [0.4, 0.5) is 10.3 Å². The summed E-state index contributed by atoms with van der Waals surface area (Å²) >= 11 is 0. The predicted molar refractivity (Wildman–Crippen MR) is 81.5 cm³/mol. The molecule has 2 N–H and O–H groups in total. The van der Waals surface area contributed by atoms with Crippen LogP contribution in [0.2, 0.25) is 0 Å². The number of fused-ring (bicyclic) bond motifs is 1. The first-order chi connectivity index (χ1) is 10.1. The minimum absolute atomic E-state index is 0.0924. The van der Waals surface area contributed by atoms with Gasteiger partial charge in [0.15, 0.2) is 5.65 Å². The highest BCUT2D eigenvalue weighted by atomic mass is 19.1. The number of nitrogen functional groups attached to an aromatic ring is 1. The molecule has 1 atom stereocenters. The number of benzene rings is 1. The Morgan fingerprint density at radius 3 is 2.67 bits per heavy atom. The van der Waals surface area contributed by atoms with Crippen LogP contribution in [0.1, 0.15) is 24.1 Å². The summed E-state index contributed by atoms with van der Waals surface area (Å²) in [6, 6.07) is 8.54. The summed E-state index contributed by atoms with van der Waals surface area (Å²) in [6.45, 7) is 4.05. The molecule has 108 valence electrons. The Kier molecular flexibility index (Phi) is 3.33. The Hall–Kier alpha value is -2.43. The summed E-state index contributed by atoms with van der Waals surface area (Å²) in [5, 5.41) is 0. The standard InChI is InChI=1S/C16H17FN4/c1-10-7-8-19-15-14(10)20-16(18)21(15)11(2)9-12-3-5-13(17)6-4-12/h3-8,11H,9H2,1-2H3,(H2,18,20). The molecule has 0 aliphatic carbocycles. The van der Waals surface area contributed by atoms with Gasteiger partial charge in [-0.15, -0.1) is 0 Å². The van der Waals surface area contributed by atoms with Crippen molar-refractivity contribution < 1.29 is 4.39 Å². The van der Waals surface area contributed by atoms with Crippen LogP contribution in [0.5, 0.6) is 0 Å². The fraction of sp³-hybridized carbons (Fsp3) is 0.250. The molecule has 5 heteroatoms. The normalized spacial score (nSPS) is 12.7. The summed E-state index contributed by atoms with van der Waals surface area (Å²) in [6.07, 6.45) is 2.51. The molecule has 0 aliphatic heterocycles. The second-order valence-corrected chi connectivity index (χ2v) is 5.32. The van der Waals surface area contributed by atoms with Crippen molar-refractivity contribution in [2.24, 2.45) is 0 Å². The van der Waals surface area contributed by atoms with E-state index in [1.54, 1.807) is 18.3 Å². The third kappa shape index (κ3) is 2.46. The lowest BCUT2D eigenvalue weighted by molar-refractivity contribution is 0.561. The zero-order valence-electron chi connectivity index (χ0n) is 12.0. The zero-order valence-corrected chi connectivity index (χ0v) is 12.0. The van der Waals surface area contributed by atoms with Crippen molar-refractivity contribution in [3.05, 3.63) is 53.5 Å². The molecule has 4 nitrogen and oxygen atoms in total. The molecule has 2 heterocycles. The number of nitrogens with two attached hydrogens (primary N) is 1. The summed E-state index contributed by atoms with van der Waals surface area (Å²) in [5.74, 6) is 0.234. The second kappa shape index (κ2) is 5.16. The molecule has 2 aromatic heterocycles. The number of hydrogen-bond donors (Lipinski definition) is 1. The van der Waals surface area contributed by atoms with Crippen molar-refractivity contribution in [3.63, 3.8) is 0 Å². The smallest absolute Gasteiger partial charge is 0.202 e. The number of imidazole rings is 1. The van der Waals surface area contributed by atoms with Gasteiger partial charge in [0.05, 0.1) is 0 Å². The van der Waals surface area contributed by atoms with Gasteiger partial charge in [-0.05, 0) is 49.6 Å². The van der Waals surface area contributed by atoms with Crippen LogP contribution in [0.25, 0.3) is 11.2 Å². The second-order valence-electron chi connectivity index (χ2n) is 5.32. The SMILES string of the molecule is Cc1ccnc2c1nc(N)n2C(C)Cc1ccc(F)cc1. The molecule has 21 heavy (non-hydrogen) atoms. The Labute approximate surface area is 122 Å². The molecule has 0 spiro atoms. The number of rotatable bonds is 3. The van der Waals surface area contributed by atoms with Gasteiger partial charge in [-0.2, -0.15) is 0 Å². The predicted octanol–water partition coefficient (Wildman–Crippen LogP) is 3.26. The average molecular weight is 284 g/mol. The summed E-state index contributed by atoms with van der Waals surface area (Å²) in [4.78, 5) is 8.81. The molecule has 1 unspecified atom stereocenters. The van der Waals surface area contributed by atoms with E-state index in [0.717, 1.165) is 28.7 Å². The lowest BCUT2D eigenvalue weighted by Crippen LogP contribution is -2.12. The van der Waals surface area contributed by atoms with Crippen LogP contribution in [0, 0.1) is 12.7 Å². The van der Waals surface area contributed by atoms with Gasteiger partial charge in [0.2, 0.25) is 5.95 Å². The van der Waals surface area contributed by atoms with Gasteiger partial charge in [0.1, 0.15) is 11.3 Å². The van der Waals surface area contributed by atoms with Crippen molar-refractivity contribution in [1.82, 2.24) is 14.5 Å². The summed E-state index contributed by atoms with van der Waals surface area (Å²) < 4.78 is 14.9. The van der Waals surface area contributed by atoms with E-state index in [9.17, 15) is 4.39 Å². The molecule has 3 aromatic rings. The quantitative estimate of drug-likeness (QED) is 0.803. The van der Waals surface area contributed by atoms with Crippen LogP contribution < -0.4 is 5.73 Å². The molecular formula is C16H17FN4. The molecule has 0 radical (unpaired) electrons. The molecule has 0 saturated carbocycles. The minimum Gasteiger partial charge on any atom is -0.369 e. The fourth-order valence-electron chi connectivity index (χ4n) is 2.61. The Balaban J connectivity index is 1.98. The maximum absolute atomic E-state index is 13.0. The van der Waals surface area contributed by atoms with E-state index in [1.807, 2.05) is 17.6 Å². The van der Waals surface area contributed by atoms with Crippen LogP contribution in [-0.4, -0.2) is 14.5 Å². The van der Waals surface area contributed by atoms with Crippen molar-refractivity contribution in [2.45, 2.75) is 26.3 Å². The maximum atomic E-state index is 13.0. The van der Waals surface area contributed by atoms with E-state index in [-0.39, 0.29) is 11.9 Å². The third-order valence-electron chi connectivity index (χ3n) is 3.69. The number of anilines is 1. The highest BCUT2D eigenvalue weighted by Gasteiger charge is 2.16. The fourth-order valence-corrected chi connectivity index (χ4v) is 2.61. The molecule has 0 amide bonds. The van der Waals surface area contributed by atoms with Crippen LogP contribution in [0.15, 0.2) is 36.5 Å². The van der Waals surface area contributed by atoms with Gasteiger partial charge >= 0.3 is 0 Å². The first-order valence-electron chi connectivity index (χ1n) is 6.89. The summed E-state index contributed by atoms with van der Waals surface area (Å²) in [7, 11) is 0. The Morgan fingerprint density at radius 1 is 1.24 bits per heavy atom. The topological polar surface area (TPSA) is 56.7 Å². The number of aromatic nitrogens is 3. The van der Waals surface area contributed by atoms with Gasteiger partial charge in [-0.25, -0.2) is 14.4 Å². The molecular weight excluding hydrogens is 267 g/mol. The van der Waals surface area contributed by atoms with Crippen molar-refractivity contribution in [2.75, 3.05) is 5.73 Å².